The Kier molecular flexibility index (Phi) is 6.83. The molecule has 4 aromatic rings. The number of benzene rings is 2. The van der Waals surface area contributed by atoms with Gasteiger partial charge >= 0.3 is 0 Å². The fourth-order valence-corrected chi connectivity index (χ4v) is 6.46. The van der Waals surface area contributed by atoms with Crippen LogP contribution in [0.2, 0.25) is 5.02 Å². The van der Waals surface area contributed by atoms with Crippen molar-refractivity contribution in [3.05, 3.63) is 70.9 Å². The topological polar surface area (TPSA) is 46.8 Å². The highest BCUT2D eigenvalue weighted by atomic mass is 35.5. The Hall–Kier alpha value is -2.12. The fraction of sp³-hybridized carbons (Fsp3) is 0.370. The van der Waals surface area contributed by atoms with Crippen LogP contribution >= 0.6 is 35.8 Å². The van der Waals surface area contributed by atoms with Crippen LogP contribution < -0.4 is 0 Å². The molecule has 2 aromatic carbocycles. The van der Waals surface area contributed by atoms with Gasteiger partial charge in [-0.3, -0.25) is 4.98 Å². The van der Waals surface area contributed by atoms with E-state index in [0.717, 1.165) is 62.8 Å². The molecule has 3 heterocycles. The molecule has 2 atom stereocenters. The van der Waals surface area contributed by atoms with Gasteiger partial charge in [0.05, 0.1) is 5.52 Å². The molecule has 0 spiro atoms. The summed E-state index contributed by atoms with van der Waals surface area (Å²) in [5.41, 5.74) is 4.96. The number of aromatic nitrogens is 4. The van der Waals surface area contributed by atoms with Crippen molar-refractivity contribution in [3.8, 4) is 11.4 Å². The number of piperidine rings is 1. The zero-order valence-corrected chi connectivity index (χ0v) is 22.3. The van der Waals surface area contributed by atoms with Crippen LogP contribution in [-0.4, -0.2) is 50.0 Å². The Morgan fingerprint density at radius 1 is 1.09 bits per heavy atom. The van der Waals surface area contributed by atoms with E-state index in [1.54, 1.807) is 11.8 Å². The van der Waals surface area contributed by atoms with Gasteiger partial charge in [0.2, 0.25) is 0 Å². The van der Waals surface area contributed by atoms with Gasteiger partial charge in [-0.2, -0.15) is 0 Å². The normalized spacial score (nSPS) is 21.2. The first-order chi connectivity index (χ1) is 16.5. The first-order valence-electron chi connectivity index (χ1n) is 11.9. The van der Waals surface area contributed by atoms with E-state index in [0.29, 0.717) is 5.41 Å². The lowest BCUT2D eigenvalue weighted by Crippen LogP contribution is -2.27. The molecule has 0 bridgehead atoms. The molecule has 0 radical (unpaired) electrons. The molecule has 35 heavy (non-hydrogen) atoms. The number of halogens is 2. The quantitative estimate of drug-likeness (QED) is 0.213. The maximum atomic E-state index is 6.09. The number of nitrogens with zero attached hydrogens (tertiary/aromatic N) is 5. The van der Waals surface area contributed by atoms with Crippen molar-refractivity contribution in [2.75, 3.05) is 25.4 Å². The van der Waals surface area contributed by atoms with Crippen molar-refractivity contribution in [1.82, 2.24) is 24.6 Å². The highest BCUT2D eigenvalue weighted by Crippen LogP contribution is 2.59. The number of aryl methyl sites for hydroxylation is 1. The van der Waals surface area contributed by atoms with Crippen molar-refractivity contribution in [2.24, 2.45) is 13.0 Å². The number of hydrogen-bond acceptors (Lipinski definition) is 5. The molecule has 1 saturated carbocycles. The second kappa shape index (κ2) is 9.74. The third kappa shape index (κ3) is 4.69. The van der Waals surface area contributed by atoms with Crippen molar-refractivity contribution in [2.45, 2.75) is 30.3 Å². The molecular weight excluding hydrogens is 497 g/mol. The van der Waals surface area contributed by atoms with Crippen molar-refractivity contribution in [1.29, 1.82) is 0 Å². The molecule has 5 nitrogen and oxygen atoms in total. The van der Waals surface area contributed by atoms with Gasteiger partial charge in [-0.1, -0.05) is 41.6 Å². The second-order valence-corrected chi connectivity index (χ2v) is 11.2. The van der Waals surface area contributed by atoms with Gasteiger partial charge in [0.1, 0.15) is 0 Å². The van der Waals surface area contributed by atoms with Crippen LogP contribution in [-0.2, 0) is 12.5 Å². The molecule has 2 aromatic heterocycles. The summed E-state index contributed by atoms with van der Waals surface area (Å²) < 4.78 is 2.11. The number of thioether (sulfide) groups is 1. The summed E-state index contributed by atoms with van der Waals surface area (Å²) >= 11 is 7.89. The van der Waals surface area contributed by atoms with Gasteiger partial charge in [-0.05, 0) is 74.2 Å². The molecule has 182 valence electrons. The predicted octanol–water partition coefficient (Wildman–Crippen LogP) is 6.17. The predicted molar refractivity (Wildman–Crippen MR) is 147 cm³/mol. The Labute approximate surface area is 221 Å². The second-order valence-electron chi connectivity index (χ2n) is 9.73. The number of likely N-dealkylation sites (tertiary alicyclic amines) is 1. The average Bonchev–Trinajstić information content (AvgIpc) is 3.21. The molecule has 0 amide bonds. The monoisotopic (exact) mass is 525 g/mol. The van der Waals surface area contributed by atoms with Crippen LogP contribution in [0.15, 0.2) is 59.8 Å². The summed E-state index contributed by atoms with van der Waals surface area (Å²) in [6.07, 6.45) is 2.48. The lowest BCUT2D eigenvalue weighted by Gasteiger charge is -2.21. The largest absolute Gasteiger partial charge is 0.305 e. The van der Waals surface area contributed by atoms with E-state index in [9.17, 15) is 0 Å². The van der Waals surface area contributed by atoms with Gasteiger partial charge in [-0.25, -0.2) is 0 Å². The molecule has 6 rings (SSSR count). The van der Waals surface area contributed by atoms with E-state index in [1.165, 1.54) is 25.1 Å². The molecule has 8 heteroatoms. The molecule has 1 saturated heterocycles. The van der Waals surface area contributed by atoms with E-state index in [2.05, 4.69) is 68.1 Å². The van der Waals surface area contributed by atoms with Gasteiger partial charge in [-0.15, -0.1) is 22.6 Å². The van der Waals surface area contributed by atoms with Gasteiger partial charge < -0.3 is 9.47 Å². The van der Waals surface area contributed by atoms with Crippen LogP contribution in [0.4, 0.5) is 0 Å². The molecule has 1 aliphatic heterocycles. The van der Waals surface area contributed by atoms with Crippen LogP contribution in [0.1, 0.15) is 24.1 Å². The number of fused-ring (bicyclic) bond motifs is 2. The van der Waals surface area contributed by atoms with Crippen LogP contribution in [0.5, 0.6) is 0 Å². The van der Waals surface area contributed by atoms with E-state index in [1.807, 2.05) is 25.1 Å². The Balaban J connectivity index is 0.00000253. The molecule has 1 unspecified atom stereocenters. The lowest BCUT2D eigenvalue weighted by atomic mass is 9.95. The minimum Gasteiger partial charge on any atom is -0.305 e. The summed E-state index contributed by atoms with van der Waals surface area (Å²) in [7, 11) is 2.05. The third-order valence-corrected chi connectivity index (χ3v) is 8.77. The van der Waals surface area contributed by atoms with Crippen molar-refractivity contribution < 1.29 is 0 Å². The Morgan fingerprint density at radius 3 is 2.74 bits per heavy atom. The van der Waals surface area contributed by atoms with E-state index in [-0.39, 0.29) is 12.4 Å². The first-order valence-corrected chi connectivity index (χ1v) is 13.3. The van der Waals surface area contributed by atoms with Crippen molar-refractivity contribution >= 4 is 46.7 Å². The van der Waals surface area contributed by atoms with Crippen molar-refractivity contribution in [3.63, 3.8) is 0 Å². The summed E-state index contributed by atoms with van der Waals surface area (Å²) in [4.78, 5) is 7.23. The highest BCUT2D eigenvalue weighted by molar-refractivity contribution is 7.99. The van der Waals surface area contributed by atoms with E-state index >= 15 is 0 Å². The molecule has 2 fully saturated rings. The van der Waals surface area contributed by atoms with Gasteiger partial charge in [0.25, 0.3) is 0 Å². The number of hydrogen-bond donors (Lipinski definition) is 0. The Bertz CT molecular complexity index is 1360. The lowest BCUT2D eigenvalue weighted by molar-refractivity contribution is 0.299. The number of pyridine rings is 1. The standard InChI is InChI=1S/C27H28ClN5S.ClH/c1-18-4-5-19-14-20(6-11-24(19)29-18)25-30-31-26(32(25)2)34-13-3-12-33-16-22-15-27(22,17-33)21-7-9-23(28)10-8-21;/h4-11,14,22H,3,12-13,15-17H2,1-2H3;1H/t22-,27?;/m1./s1. The Morgan fingerprint density at radius 2 is 1.91 bits per heavy atom. The molecular formula is C27H29Cl2N5S. The minimum atomic E-state index is 0. The zero-order valence-electron chi connectivity index (χ0n) is 19.9. The van der Waals surface area contributed by atoms with Gasteiger partial charge in [0.15, 0.2) is 11.0 Å². The minimum absolute atomic E-state index is 0. The fourth-order valence-electron chi connectivity index (χ4n) is 5.50. The highest BCUT2D eigenvalue weighted by Gasteiger charge is 2.60. The van der Waals surface area contributed by atoms with Gasteiger partial charge in [0, 0.05) is 53.0 Å². The summed E-state index contributed by atoms with van der Waals surface area (Å²) in [5.74, 6) is 2.75. The van der Waals surface area contributed by atoms with E-state index in [4.69, 9.17) is 11.6 Å². The zero-order chi connectivity index (χ0) is 23.3. The maximum Gasteiger partial charge on any atom is 0.191 e. The van der Waals surface area contributed by atoms with E-state index < -0.39 is 0 Å². The summed E-state index contributed by atoms with van der Waals surface area (Å²) in [5, 5.41) is 11.9. The van der Waals surface area contributed by atoms with Crippen LogP contribution in [0, 0.1) is 12.8 Å². The molecule has 0 N–H and O–H groups in total. The van der Waals surface area contributed by atoms with Crippen LogP contribution in [0.25, 0.3) is 22.3 Å². The van der Waals surface area contributed by atoms with Crippen LogP contribution in [0.3, 0.4) is 0 Å². The first kappa shape index (κ1) is 24.6. The maximum absolute atomic E-state index is 6.09. The summed E-state index contributed by atoms with van der Waals surface area (Å²) in [6, 6.07) is 19.0. The molecule has 2 aliphatic rings. The summed E-state index contributed by atoms with van der Waals surface area (Å²) in [6.45, 7) is 5.55. The third-order valence-electron chi connectivity index (χ3n) is 7.41. The smallest absolute Gasteiger partial charge is 0.191 e. The average molecular weight is 527 g/mol. The molecule has 1 aliphatic carbocycles. The number of rotatable bonds is 7. The SMILES string of the molecule is Cc1ccc2cc(-c3nnc(SCCCN4C[C@H]5CC5(c5ccc(Cl)cc5)C4)n3C)ccc2n1.Cl.